The van der Waals surface area contributed by atoms with E-state index < -0.39 is 17.6 Å². The Bertz CT molecular complexity index is 1180. The van der Waals surface area contributed by atoms with E-state index in [0.717, 1.165) is 4.90 Å². The Balaban J connectivity index is 1.83. The molecule has 0 bridgehead atoms. The monoisotopic (exact) mass is 422 g/mol. The highest BCUT2D eigenvalue weighted by molar-refractivity contribution is 6.48. The number of hydrogen-bond donors (Lipinski definition) is 1. The standard InChI is InChI=1S/C23H16ClFN2O3/c1-30-17-6-4-5-16(13-17)26-21-20(14-9-11-15(25)12-10-14)22(28)27(23(21)29)19-8-3-2-7-18(19)24/h2-13,26H,1H3. The number of benzene rings is 3. The minimum Gasteiger partial charge on any atom is -0.497 e. The highest BCUT2D eigenvalue weighted by atomic mass is 35.5. The molecule has 0 fully saturated rings. The summed E-state index contributed by atoms with van der Waals surface area (Å²) in [6.07, 6.45) is 0. The van der Waals surface area contributed by atoms with Gasteiger partial charge < -0.3 is 10.1 Å². The van der Waals surface area contributed by atoms with Crippen LogP contribution in [-0.4, -0.2) is 18.9 Å². The predicted molar refractivity (Wildman–Crippen MR) is 114 cm³/mol. The van der Waals surface area contributed by atoms with Crippen molar-refractivity contribution in [3.8, 4) is 5.75 Å². The van der Waals surface area contributed by atoms with E-state index in [1.807, 2.05) is 0 Å². The Kier molecular flexibility index (Phi) is 5.25. The second-order valence-electron chi connectivity index (χ2n) is 6.51. The molecule has 3 aromatic rings. The SMILES string of the molecule is COc1cccc(NC2=C(c3ccc(F)cc3)C(=O)N(c3ccccc3Cl)C2=O)c1. The Morgan fingerprint density at radius 1 is 0.933 bits per heavy atom. The van der Waals surface area contributed by atoms with Crippen LogP contribution in [0.15, 0.2) is 78.5 Å². The lowest BCUT2D eigenvalue weighted by atomic mass is 10.0. The summed E-state index contributed by atoms with van der Waals surface area (Å²) in [5.41, 5.74) is 1.44. The Morgan fingerprint density at radius 3 is 2.37 bits per heavy atom. The highest BCUT2D eigenvalue weighted by Gasteiger charge is 2.41. The minimum atomic E-state index is -0.560. The molecule has 1 heterocycles. The van der Waals surface area contributed by atoms with Crippen LogP contribution in [0.3, 0.4) is 0 Å². The molecule has 0 aliphatic carbocycles. The molecule has 4 rings (SSSR count). The van der Waals surface area contributed by atoms with Gasteiger partial charge in [0.05, 0.1) is 23.4 Å². The molecule has 0 atom stereocenters. The van der Waals surface area contributed by atoms with Gasteiger partial charge in [0.2, 0.25) is 0 Å². The number of carbonyl (C=O) groups is 2. The summed E-state index contributed by atoms with van der Waals surface area (Å²) in [5.74, 6) is -0.967. The largest absolute Gasteiger partial charge is 0.497 e. The maximum absolute atomic E-state index is 13.4. The van der Waals surface area contributed by atoms with Crippen LogP contribution in [0.2, 0.25) is 5.02 Å². The first kappa shape index (κ1) is 19.7. The van der Waals surface area contributed by atoms with Gasteiger partial charge in [0, 0.05) is 11.8 Å². The van der Waals surface area contributed by atoms with E-state index in [4.69, 9.17) is 16.3 Å². The summed E-state index contributed by atoms with van der Waals surface area (Å²) < 4.78 is 18.7. The second kappa shape index (κ2) is 8.00. The van der Waals surface area contributed by atoms with Crippen LogP contribution in [0.5, 0.6) is 5.75 Å². The highest BCUT2D eigenvalue weighted by Crippen LogP contribution is 2.36. The first-order valence-corrected chi connectivity index (χ1v) is 9.42. The fourth-order valence-corrected chi connectivity index (χ4v) is 3.45. The zero-order valence-electron chi connectivity index (χ0n) is 15.9. The molecular formula is C23H16ClFN2O3. The van der Waals surface area contributed by atoms with E-state index in [0.29, 0.717) is 17.0 Å². The molecule has 0 spiro atoms. The molecule has 0 unspecified atom stereocenters. The fraction of sp³-hybridized carbons (Fsp3) is 0.0435. The van der Waals surface area contributed by atoms with Gasteiger partial charge in [0.1, 0.15) is 17.3 Å². The minimum absolute atomic E-state index is 0.0692. The van der Waals surface area contributed by atoms with E-state index in [1.165, 1.54) is 31.4 Å². The molecule has 1 aliphatic heterocycles. The van der Waals surface area contributed by atoms with Gasteiger partial charge in [-0.1, -0.05) is 41.9 Å². The number of para-hydroxylation sites is 1. The zero-order valence-corrected chi connectivity index (χ0v) is 16.6. The molecular weight excluding hydrogens is 407 g/mol. The van der Waals surface area contributed by atoms with Gasteiger partial charge in [0.25, 0.3) is 11.8 Å². The van der Waals surface area contributed by atoms with Gasteiger partial charge in [-0.15, -0.1) is 0 Å². The lowest BCUT2D eigenvalue weighted by molar-refractivity contribution is -0.120. The van der Waals surface area contributed by atoms with Crippen LogP contribution in [0, 0.1) is 5.82 Å². The Morgan fingerprint density at radius 2 is 1.67 bits per heavy atom. The average Bonchev–Trinajstić information content (AvgIpc) is 2.99. The van der Waals surface area contributed by atoms with Crippen molar-refractivity contribution in [2.75, 3.05) is 17.3 Å². The number of amides is 2. The molecule has 5 nitrogen and oxygen atoms in total. The average molecular weight is 423 g/mol. The molecule has 0 aromatic heterocycles. The third-order valence-electron chi connectivity index (χ3n) is 4.65. The van der Waals surface area contributed by atoms with E-state index in [2.05, 4.69) is 5.32 Å². The number of halogens is 2. The van der Waals surface area contributed by atoms with Crippen molar-refractivity contribution < 1.29 is 18.7 Å². The Labute approximate surface area is 177 Å². The van der Waals surface area contributed by atoms with Gasteiger partial charge in [-0.3, -0.25) is 9.59 Å². The van der Waals surface area contributed by atoms with E-state index >= 15 is 0 Å². The van der Waals surface area contributed by atoms with E-state index in [-0.39, 0.29) is 22.0 Å². The van der Waals surface area contributed by atoms with Crippen molar-refractivity contribution in [1.82, 2.24) is 0 Å². The van der Waals surface area contributed by atoms with Gasteiger partial charge in [-0.05, 0) is 42.0 Å². The van der Waals surface area contributed by atoms with Crippen molar-refractivity contribution >= 4 is 40.4 Å². The summed E-state index contributed by atoms with van der Waals surface area (Å²) in [6, 6.07) is 18.9. The van der Waals surface area contributed by atoms with Crippen LogP contribution < -0.4 is 15.0 Å². The molecule has 1 N–H and O–H groups in total. The van der Waals surface area contributed by atoms with E-state index in [9.17, 15) is 14.0 Å². The summed E-state index contributed by atoms with van der Waals surface area (Å²) >= 11 is 6.25. The number of carbonyl (C=O) groups excluding carboxylic acids is 2. The van der Waals surface area contributed by atoms with Gasteiger partial charge in [-0.2, -0.15) is 0 Å². The lowest BCUT2D eigenvalue weighted by Gasteiger charge is -2.16. The summed E-state index contributed by atoms with van der Waals surface area (Å²) in [7, 11) is 1.53. The number of anilines is 2. The van der Waals surface area contributed by atoms with Crippen LogP contribution in [-0.2, 0) is 9.59 Å². The predicted octanol–water partition coefficient (Wildman–Crippen LogP) is 4.88. The zero-order chi connectivity index (χ0) is 21.3. The number of nitrogens with one attached hydrogen (secondary N) is 1. The first-order valence-electron chi connectivity index (χ1n) is 9.04. The molecule has 150 valence electrons. The molecule has 0 saturated heterocycles. The third kappa shape index (κ3) is 3.53. The summed E-state index contributed by atoms with van der Waals surface area (Å²) in [6.45, 7) is 0. The number of hydrogen-bond acceptors (Lipinski definition) is 4. The Hall–Kier alpha value is -3.64. The number of rotatable bonds is 5. The summed E-state index contributed by atoms with van der Waals surface area (Å²) in [5, 5.41) is 3.29. The number of ether oxygens (including phenoxy) is 1. The van der Waals surface area contributed by atoms with Gasteiger partial charge >= 0.3 is 0 Å². The summed E-state index contributed by atoms with van der Waals surface area (Å²) in [4.78, 5) is 27.6. The van der Waals surface area contributed by atoms with Crippen molar-refractivity contribution in [2.24, 2.45) is 0 Å². The topological polar surface area (TPSA) is 58.6 Å². The normalized spacial score (nSPS) is 13.8. The quantitative estimate of drug-likeness (QED) is 0.595. The van der Waals surface area contributed by atoms with Crippen molar-refractivity contribution in [3.05, 3.63) is 94.9 Å². The molecule has 30 heavy (non-hydrogen) atoms. The maximum atomic E-state index is 13.4. The van der Waals surface area contributed by atoms with E-state index in [1.54, 1.807) is 48.5 Å². The maximum Gasteiger partial charge on any atom is 0.282 e. The van der Waals surface area contributed by atoms with Gasteiger partial charge in [-0.25, -0.2) is 9.29 Å². The number of nitrogens with zero attached hydrogens (tertiary/aromatic N) is 1. The molecule has 3 aromatic carbocycles. The second-order valence-corrected chi connectivity index (χ2v) is 6.92. The number of imide groups is 1. The lowest BCUT2D eigenvalue weighted by Crippen LogP contribution is -2.32. The van der Waals surface area contributed by atoms with Crippen LogP contribution >= 0.6 is 11.6 Å². The van der Waals surface area contributed by atoms with Crippen molar-refractivity contribution in [3.63, 3.8) is 0 Å². The van der Waals surface area contributed by atoms with Crippen LogP contribution in [0.4, 0.5) is 15.8 Å². The van der Waals surface area contributed by atoms with Crippen LogP contribution in [0.25, 0.3) is 5.57 Å². The molecule has 7 heteroatoms. The first-order chi connectivity index (χ1) is 14.5. The molecule has 1 aliphatic rings. The van der Waals surface area contributed by atoms with Crippen molar-refractivity contribution in [1.29, 1.82) is 0 Å². The smallest absolute Gasteiger partial charge is 0.282 e. The van der Waals surface area contributed by atoms with Gasteiger partial charge in [0.15, 0.2) is 0 Å². The molecule has 2 amide bonds. The van der Waals surface area contributed by atoms with Crippen LogP contribution in [0.1, 0.15) is 5.56 Å². The molecule has 0 saturated carbocycles. The third-order valence-corrected chi connectivity index (χ3v) is 4.97. The fourth-order valence-electron chi connectivity index (χ4n) is 3.23. The van der Waals surface area contributed by atoms with Crippen molar-refractivity contribution in [2.45, 2.75) is 0 Å². The molecule has 0 radical (unpaired) electrons. The number of methoxy groups -OCH3 is 1.